The maximum Gasteiger partial charge on any atom is 0.330 e. The van der Waals surface area contributed by atoms with Gasteiger partial charge in [0.25, 0.3) is 0 Å². The molecular formula is C13H14O2S. The Morgan fingerprint density at radius 2 is 1.94 bits per heavy atom. The van der Waals surface area contributed by atoms with Crippen LogP contribution in [-0.2, 0) is 9.53 Å². The normalized spacial score (nSPS) is 11.1. The predicted octanol–water partition coefficient (Wildman–Crippen LogP) is 3.15. The lowest BCUT2D eigenvalue weighted by molar-refractivity contribution is -0.134. The summed E-state index contributed by atoms with van der Waals surface area (Å²) in [5.41, 5.74) is 1.10. The highest BCUT2D eigenvalue weighted by molar-refractivity contribution is 7.98. The van der Waals surface area contributed by atoms with E-state index in [2.05, 4.69) is 16.9 Å². The van der Waals surface area contributed by atoms with Gasteiger partial charge >= 0.3 is 5.97 Å². The molecule has 1 aromatic carbocycles. The van der Waals surface area contributed by atoms with Gasteiger partial charge in [-0.05, 0) is 24.0 Å². The largest absolute Gasteiger partial charge is 0.466 e. The van der Waals surface area contributed by atoms with Gasteiger partial charge < -0.3 is 4.74 Å². The molecule has 84 valence electrons. The van der Waals surface area contributed by atoms with Gasteiger partial charge in [0.1, 0.15) is 0 Å². The van der Waals surface area contributed by atoms with Crippen LogP contribution in [0.2, 0.25) is 0 Å². The van der Waals surface area contributed by atoms with Crippen molar-refractivity contribution in [2.75, 3.05) is 13.4 Å². The fraction of sp³-hybridized carbons (Fsp3) is 0.154. The monoisotopic (exact) mass is 234 g/mol. The van der Waals surface area contributed by atoms with Gasteiger partial charge in [-0.3, -0.25) is 0 Å². The highest BCUT2D eigenvalue weighted by atomic mass is 32.2. The molecule has 0 radical (unpaired) electrons. The number of hydrogen-bond acceptors (Lipinski definition) is 3. The van der Waals surface area contributed by atoms with E-state index in [1.807, 2.05) is 30.5 Å². The number of thioether (sulfide) groups is 1. The topological polar surface area (TPSA) is 26.3 Å². The average Bonchev–Trinajstić information content (AvgIpc) is 2.35. The zero-order valence-corrected chi connectivity index (χ0v) is 10.2. The summed E-state index contributed by atoms with van der Waals surface area (Å²) < 4.78 is 4.47. The Morgan fingerprint density at radius 1 is 1.25 bits per heavy atom. The minimum Gasteiger partial charge on any atom is -0.466 e. The molecule has 0 amide bonds. The van der Waals surface area contributed by atoms with Crippen molar-refractivity contribution >= 4 is 23.8 Å². The Labute approximate surface area is 100 Å². The van der Waals surface area contributed by atoms with Crippen molar-refractivity contribution in [3.05, 3.63) is 48.1 Å². The summed E-state index contributed by atoms with van der Waals surface area (Å²) >= 11 is 1.71. The molecule has 0 N–H and O–H groups in total. The number of allylic oxidation sites excluding steroid dienone is 2. The van der Waals surface area contributed by atoms with Crippen molar-refractivity contribution in [1.29, 1.82) is 0 Å². The van der Waals surface area contributed by atoms with Crippen LogP contribution in [0.25, 0.3) is 6.08 Å². The number of methoxy groups -OCH3 is 1. The van der Waals surface area contributed by atoms with E-state index in [1.54, 1.807) is 17.8 Å². The van der Waals surface area contributed by atoms with Crippen LogP contribution < -0.4 is 0 Å². The SMILES string of the molecule is COC(=O)/C=C/C=C/c1ccc(SC)cc1. The van der Waals surface area contributed by atoms with Gasteiger partial charge in [0, 0.05) is 11.0 Å². The van der Waals surface area contributed by atoms with Crippen molar-refractivity contribution in [1.82, 2.24) is 0 Å². The summed E-state index contributed by atoms with van der Waals surface area (Å²) in [7, 11) is 1.36. The minimum atomic E-state index is -0.345. The Balaban J connectivity index is 2.56. The van der Waals surface area contributed by atoms with Gasteiger partial charge in [-0.2, -0.15) is 0 Å². The first-order valence-corrected chi connectivity index (χ1v) is 6.05. The first kappa shape index (κ1) is 12.6. The number of rotatable bonds is 4. The van der Waals surface area contributed by atoms with E-state index >= 15 is 0 Å². The lowest BCUT2D eigenvalue weighted by atomic mass is 10.2. The zero-order valence-electron chi connectivity index (χ0n) is 9.34. The van der Waals surface area contributed by atoms with Crippen molar-refractivity contribution < 1.29 is 9.53 Å². The summed E-state index contributed by atoms with van der Waals surface area (Å²) in [5, 5.41) is 0. The average molecular weight is 234 g/mol. The fourth-order valence-corrected chi connectivity index (χ4v) is 1.49. The molecule has 0 aromatic heterocycles. The van der Waals surface area contributed by atoms with Crippen LogP contribution in [0.3, 0.4) is 0 Å². The maximum absolute atomic E-state index is 10.8. The molecular weight excluding hydrogens is 220 g/mol. The van der Waals surface area contributed by atoms with E-state index in [1.165, 1.54) is 18.1 Å². The van der Waals surface area contributed by atoms with Gasteiger partial charge in [0.05, 0.1) is 7.11 Å². The second-order valence-electron chi connectivity index (χ2n) is 3.01. The fourth-order valence-electron chi connectivity index (χ4n) is 1.08. The molecule has 2 nitrogen and oxygen atoms in total. The highest BCUT2D eigenvalue weighted by Crippen LogP contribution is 2.15. The second-order valence-corrected chi connectivity index (χ2v) is 3.89. The number of hydrogen-bond donors (Lipinski definition) is 0. The molecule has 0 atom stereocenters. The molecule has 0 aliphatic heterocycles. The van der Waals surface area contributed by atoms with Gasteiger partial charge in [-0.1, -0.05) is 30.4 Å². The molecule has 16 heavy (non-hydrogen) atoms. The van der Waals surface area contributed by atoms with Crippen molar-refractivity contribution in [3.63, 3.8) is 0 Å². The first-order valence-electron chi connectivity index (χ1n) is 4.83. The molecule has 0 aliphatic carbocycles. The second kappa shape index (κ2) is 6.90. The molecule has 1 rings (SSSR count). The summed E-state index contributed by atoms with van der Waals surface area (Å²) in [6.07, 6.45) is 8.83. The third-order valence-electron chi connectivity index (χ3n) is 1.95. The Bertz CT molecular complexity index is 391. The molecule has 3 heteroatoms. The third-order valence-corrected chi connectivity index (χ3v) is 2.69. The first-order chi connectivity index (χ1) is 7.76. The molecule has 0 heterocycles. The summed E-state index contributed by atoms with van der Waals surface area (Å²) in [5.74, 6) is -0.345. The lowest BCUT2D eigenvalue weighted by Gasteiger charge is -1.95. The van der Waals surface area contributed by atoms with Gasteiger partial charge in [0.15, 0.2) is 0 Å². The molecule has 0 saturated heterocycles. The zero-order chi connectivity index (χ0) is 11.8. The summed E-state index contributed by atoms with van der Waals surface area (Å²) in [6.45, 7) is 0. The molecule has 0 aliphatic rings. The van der Waals surface area contributed by atoms with Crippen LogP contribution in [0.1, 0.15) is 5.56 Å². The van der Waals surface area contributed by atoms with Crippen LogP contribution in [0.5, 0.6) is 0 Å². The number of carbonyl (C=O) groups is 1. The standard InChI is InChI=1S/C13H14O2S/c1-15-13(14)6-4-3-5-11-7-9-12(16-2)10-8-11/h3-10H,1-2H3/b5-3+,6-4+. The Kier molecular flexibility index (Phi) is 5.43. The van der Waals surface area contributed by atoms with Gasteiger partial charge in [-0.15, -0.1) is 11.8 Å². The van der Waals surface area contributed by atoms with Crippen molar-refractivity contribution in [3.8, 4) is 0 Å². The Morgan fingerprint density at radius 3 is 2.50 bits per heavy atom. The van der Waals surface area contributed by atoms with E-state index in [4.69, 9.17) is 0 Å². The molecule has 1 aromatic rings. The summed E-state index contributed by atoms with van der Waals surface area (Å²) in [6, 6.07) is 8.20. The minimum absolute atomic E-state index is 0.345. The molecule has 0 unspecified atom stereocenters. The van der Waals surface area contributed by atoms with Crippen LogP contribution in [0, 0.1) is 0 Å². The van der Waals surface area contributed by atoms with Crippen LogP contribution in [-0.4, -0.2) is 19.3 Å². The smallest absolute Gasteiger partial charge is 0.330 e. The highest BCUT2D eigenvalue weighted by Gasteiger charge is 1.89. The maximum atomic E-state index is 10.8. The van der Waals surface area contributed by atoms with Gasteiger partial charge in [0.2, 0.25) is 0 Å². The third kappa shape index (κ3) is 4.36. The quantitative estimate of drug-likeness (QED) is 0.346. The molecule has 0 spiro atoms. The summed E-state index contributed by atoms with van der Waals surface area (Å²) in [4.78, 5) is 12.0. The number of carbonyl (C=O) groups excluding carboxylic acids is 1. The van der Waals surface area contributed by atoms with E-state index in [0.717, 1.165) is 5.56 Å². The Hall–Kier alpha value is -1.48. The predicted molar refractivity (Wildman–Crippen MR) is 68.4 cm³/mol. The van der Waals surface area contributed by atoms with E-state index < -0.39 is 0 Å². The van der Waals surface area contributed by atoms with Crippen LogP contribution >= 0.6 is 11.8 Å². The van der Waals surface area contributed by atoms with Crippen molar-refractivity contribution in [2.45, 2.75) is 4.90 Å². The van der Waals surface area contributed by atoms with Crippen LogP contribution in [0.15, 0.2) is 47.4 Å². The van der Waals surface area contributed by atoms with Crippen LogP contribution in [0.4, 0.5) is 0 Å². The van der Waals surface area contributed by atoms with Gasteiger partial charge in [-0.25, -0.2) is 4.79 Å². The number of benzene rings is 1. The molecule has 0 fully saturated rings. The van der Waals surface area contributed by atoms with E-state index in [0.29, 0.717) is 0 Å². The van der Waals surface area contributed by atoms with E-state index in [-0.39, 0.29) is 5.97 Å². The van der Waals surface area contributed by atoms with Crippen molar-refractivity contribution in [2.24, 2.45) is 0 Å². The lowest BCUT2D eigenvalue weighted by Crippen LogP contribution is -1.92. The molecule has 0 saturated carbocycles. The molecule has 0 bridgehead atoms. The van der Waals surface area contributed by atoms with E-state index in [9.17, 15) is 4.79 Å². The number of esters is 1. The number of ether oxygens (including phenoxy) is 1.